The van der Waals surface area contributed by atoms with E-state index in [1.807, 2.05) is 49.1 Å². The van der Waals surface area contributed by atoms with E-state index in [0.29, 0.717) is 11.9 Å². The van der Waals surface area contributed by atoms with Gasteiger partial charge in [0.2, 0.25) is 0 Å². The molecule has 2 aromatic rings. The number of hydrogen-bond acceptors (Lipinski definition) is 4. The number of aromatic nitrogens is 2. The Balaban J connectivity index is 1.78. The van der Waals surface area contributed by atoms with E-state index in [1.54, 1.807) is 4.68 Å². The van der Waals surface area contributed by atoms with E-state index in [9.17, 15) is 0 Å². The lowest BCUT2D eigenvalue weighted by Gasteiger charge is -2.22. The Labute approximate surface area is 123 Å². The molecule has 1 aliphatic heterocycles. The van der Waals surface area contributed by atoms with Crippen molar-refractivity contribution in [2.45, 2.75) is 18.9 Å². The topological polar surface area (TPSA) is 53.1 Å². The molecule has 1 aliphatic rings. The molecule has 0 aliphatic carbocycles. The van der Waals surface area contributed by atoms with Crippen LogP contribution in [0.2, 0.25) is 0 Å². The van der Waals surface area contributed by atoms with Crippen LogP contribution in [0.4, 0.5) is 5.82 Å². The SMILES string of the molecule is Cn1nc(-c2cccc(OC3CCCSC3)c2)cc1N. The molecule has 0 saturated carbocycles. The minimum Gasteiger partial charge on any atom is -0.490 e. The van der Waals surface area contributed by atoms with Crippen molar-refractivity contribution < 1.29 is 4.74 Å². The maximum absolute atomic E-state index is 6.07. The standard InChI is InChI=1S/C15H19N3OS/c1-18-15(16)9-14(17-18)11-4-2-5-12(8-11)19-13-6-3-7-20-10-13/h2,4-5,8-9,13H,3,6-7,10,16H2,1H3. The van der Waals surface area contributed by atoms with Crippen molar-refractivity contribution in [3.63, 3.8) is 0 Å². The molecule has 2 heterocycles. The van der Waals surface area contributed by atoms with Crippen LogP contribution < -0.4 is 10.5 Å². The monoisotopic (exact) mass is 289 g/mol. The van der Waals surface area contributed by atoms with Gasteiger partial charge in [0.05, 0.1) is 5.69 Å². The number of ether oxygens (including phenoxy) is 1. The van der Waals surface area contributed by atoms with Crippen molar-refractivity contribution >= 4 is 17.6 Å². The van der Waals surface area contributed by atoms with Gasteiger partial charge in [-0.15, -0.1) is 0 Å². The summed E-state index contributed by atoms with van der Waals surface area (Å²) in [7, 11) is 1.85. The normalized spacial score (nSPS) is 18.9. The van der Waals surface area contributed by atoms with Gasteiger partial charge in [-0.3, -0.25) is 4.68 Å². The van der Waals surface area contributed by atoms with Crippen molar-refractivity contribution in [3.8, 4) is 17.0 Å². The van der Waals surface area contributed by atoms with E-state index in [4.69, 9.17) is 10.5 Å². The van der Waals surface area contributed by atoms with E-state index in [1.165, 1.54) is 12.2 Å². The van der Waals surface area contributed by atoms with Crippen molar-refractivity contribution in [2.75, 3.05) is 17.2 Å². The van der Waals surface area contributed by atoms with E-state index in [0.717, 1.165) is 29.2 Å². The first-order valence-corrected chi connectivity index (χ1v) is 8.02. The molecule has 1 unspecified atom stereocenters. The molecule has 4 nitrogen and oxygen atoms in total. The Morgan fingerprint density at radius 3 is 3.00 bits per heavy atom. The van der Waals surface area contributed by atoms with Crippen LogP contribution in [0.5, 0.6) is 5.75 Å². The predicted molar refractivity (Wildman–Crippen MR) is 84.0 cm³/mol. The zero-order chi connectivity index (χ0) is 13.9. The zero-order valence-electron chi connectivity index (χ0n) is 11.6. The van der Waals surface area contributed by atoms with Crippen LogP contribution in [0.1, 0.15) is 12.8 Å². The summed E-state index contributed by atoms with van der Waals surface area (Å²) in [6.07, 6.45) is 2.72. The Morgan fingerprint density at radius 1 is 1.40 bits per heavy atom. The largest absolute Gasteiger partial charge is 0.490 e. The molecular weight excluding hydrogens is 270 g/mol. The highest BCUT2D eigenvalue weighted by molar-refractivity contribution is 7.99. The van der Waals surface area contributed by atoms with Gasteiger partial charge in [0.15, 0.2) is 0 Å². The first-order chi connectivity index (χ1) is 9.72. The second kappa shape index (κ2) is 5.79. The molecule has 1 aromatic carbocycles. The lowest BCUT2D eigenvalue weighted by atomic mass is 10.1. The molecule has 1 atom stereocenters. The number of thioether (sulfide) groups is 1. The van der Waals surface area contributed by atoms with Crippen LogP contribution >= 0.6 is 11.8 Å². The highest BCUT2D eigenvalue weighted by Gasteiger charge is 2.15. The first kappa shape index (κ1) is 13.4. The van der Waals surface area contributed by atoms with Crippen LogP contribution in [0.25, 0.3) is 11.3 Å². The van der Waals surface area contributed by atoms with Crippen molar-refractivity contribution in [2.24, 2.45) is 7.05 Å². The maximum Gasteiger partial charge on any atom is 0.121 e. The molecule has 5 heteroatoms. The van der Waals surface area contributed by atoms with Crippen LogP contribution in [-0.2, 0) is 7.05 Å². The van der Waals surface area contributed by atoms with Gasteiger partial charge < -0.3 is 10.5 Å². The fraction of sp³-hybridized carbons (Fsp3) is 0.400. The van der Waals surface area contributed by atoms with Gasteiger partial charge in [-0.05, 0) is 30.7 Å². The number of benzene rings is 1. The number of anilines is 1. The summed E-state index contributed by atoms with van der Waals surface area (Å²) in [4.78, 5) is 0. The third-order valence-electron chi connectivity index (χ3n) is 3.47. The number of nitrogens with zero attached hydrogens (tertiary/aromatic N) is 2. The fourth-order valence-corrected chi connectivity index (χ4v) is 3.38. The van der Waals surface area contributed by atoms with Crippen LogP contribution in [0, 0.1) is 0 Å². The van der Waals surface area contributed by atoms with Crippen molar-refractivity contribution in [1.82, 2.24) is 9.78 Å². The van der Waals surface area contributed by atoms with Crippen LogP contribution in [0.15, 0.2) is 30.3 Å². The number of rotatable bonds is 3. The minimum atomic E-state index is 0.331. The van der Waals surface area contributed by atoms with Crippen LogP contribution in [0.3, 0.4) is 0 Å². The van der Waals surface area contributed by atoms with Crippen molar-refractivity contribution in [3.05, 3.63) is 30.3 Å². The molecule has 1 aromatic heterocycles. The third kappa shape index (κ3) is 2.93. The molecule has 0 bridgehead atoms. The van der Waals surface area contributed by atoms with Gasteiger partial charge in [0.1, 0.15) is 17.7 Å². The molecule has 2 N–H and O–H groups in total. The zero-order valence-corrected chi connectivity index (χ0v) is 12.4. The molecule has 106 valence electrons. The van der Waals surface area contributed by atoms with Gasteiger partial charge >= 0.3 is 0 Å². The minimum absolute atomic E-state index is 0.331. The quantitative estimate of drug-likeness (QED) is 0.944. The van der Waals surface area contributed by atoms with Gasteiger partial charge in [-0.1, -0.05) is 12.1 Å². The number of nitrogens with two attached hydrogens (primary N) is 1. The van der Waals surface area contributed by atoms with E-state index < -0.39 is 0 Å². The smallest absolute Gasteiger partial charge is 0.121 e. The highest BCUT2D eigenvalue weighted by Crippen LogP contribution is 2.27. The van der Waals surface area contributed by atoms with Gasteiger partial charge in [0.25, 0.3) is 0 Å². The lowest BCUT2D eigenvalue weighted by molar-refractivity contribution is 0.211. The Hall–Kier alpha value is -1.62. The summed E-state index contributed by atoms with van der Waals surface area (Å²) in [5.41, 5.74) is 7.75. The molecule has 1 fully saturated rings. The molecule has 0 spiro atoms. The van der Waals surface area contributed by atoms with E-state index in [2.05, 4.69) is 5.10 Å². The summed E-state index contributed by atoms with van der Waals surface area (Å²) in [5, 5.41) is 4.40. The highest BCUT2D eigenvalue weighted by atomic mass is 32.2. The van der Waals surface area contributed by atoms with Gasteiger partial charge in [0, 0.05) is 24.4 Å². The molecular formula is C15H19N3OS. The summed E-state index contributed by atoms with van der Waals surface area (Å²) in [6, 6.07) is 9.97. The summed E-state index contributed by atoms with van der Waals surface area (Å²) >= 11 is 1.97. The van der Waals surface area contributed by atoms with E-state index in [-0.39, 0.29) is 0 Å². The average molecular weight is 289 g/mol. The fourth-order valence-electron chi connectivity index (χ4n) is 2.35. The van der Waals surface area contributed by atoms with Crippen LogP contribution in [-0.4, -0.2) is 27.4 Å². The average Bonchev–Trinajstić information content (AvgIpc) is 2.80. The Kier molecular flexibility index (Phi) is 3.87. The molecule has 20 heavy (non-hydrogen) atoms. The maximum atomic E-state index is 6.07. The number of hydrogen-bond donors (Lipinski definition) is 1. The Bertz CT molecular complexity index is 571. The molecule has 0 radical (unpaired) electrons. The third-order valence-corrected chi connectivity index (χ3v) is 4.65. The van der Waals surface area contributed by atoms with E-state index >= 15 is 0 Å². The molecule has 0 amide bonds. The summed E-state index contributed by atoms with van der Waals surface area (Å²) < 4.78 is 7.75. The second-order valence-corrected chi connectivity index (χ2v) is 6.21. The van der Waals surface area contributed by atoms with Gasteiger partial charge in [-0.25, -0.2) is 0 Å². The number of aryl methyl sites for hydroxylation is 1. The Morgan fingerprint density at radius 2 is 2.30 bits per heavy atom. The molecule has 3 rings (SSSR count). The number of nitrogen functional groups attached to an aromatic ring is 1. The lowest BCUT2D eigenvalue weighted by Crippen LogP contribution is -2.23. The second-order valence-electron chi connectivity index (χ2n) is 5.06. The first-order valence-electron chi connectivity index (χ1n) is 6.87. The predicted octanol–water partition coefficient (Wildman–Crippen LogP) is 2.94. The molecule has 1 saturated heterocycles. The summed E-state index contributed by atoms with van der Waals surface area (Å²) in [6.45, 7) is 0. The summed E-state index contributed by atoms with van der Waals surface area (Å²) in [5.74, 6) is 3.92. The van der Waals surface area contributed by atoms with Gasteiger partial charge in [-0.2, -0.15) is 16.9 Å². The van der Waals surface area contributed by atoms with Crippen molar-refractivity contribution in [1.29, 1.82) is 0 Å².